The van der Waals surface area contributed by atoms with Crippen molar-refractivity contribution in [1.82, 2.24) is 5.32 Å². The lowest BCUT2D eigenvalue weighted by atomic mass is 10.2. The van der Waals surface area contributed by atoms with Gasteiger partial charge in [-0.3, -0.25) is 0 Å². The summed E-state index contributed by atoms with van der Waals surface area (Å²) in [5, 5.41) is 4.72. The summed E-state index contributed by atoms with van der Waals surface area (Å²) in [6, 6.07) is 11.3. The molecule has 0 spiro atoms. The zero-order chi connectivity index (χ0) is 14.5. The zero-order valence-corrected chi connectivity index (χ0v) is 13.1. The molecule has 0 amide bonds. The third-order valence-electron chi connectivity index (χ3n) is 2.95. The highest BCUT2D eigenvalue weighted by molar-refractivity contribution is 6.31. The van der Waals surface area contributed by atoms with Crippen LogP contribution in [-0.4, -0.2) is 6.54 Å². The van der Waals surface area contributed by atoms with Crippen LogP contribution in [-0.2, 0) is 6.54 Å². The first kappa shape index (κ1) is 15.2. The lowest BCUT2D eigenvalue weighted by molar-refractivity contribution is 0.473. The molecule has 2 nitrogen and oxygen atoms in total. The van der Waals surface area contributed by atoms with E-state index in [0.29, 0.717) is 5.02 Å². The van der Waals surface area contributed by atoms with Crippen LogP contribution in [0.1, 0.15) is 18.1 Å². The minimum atomic E-state index is 0.706. The van der Waals surface area contributed by atoms with Gasteiger partial charge >= 0.3 is 0 Å². The fraction of sp³-hybridized carbons (Fsp3) is 0.250. The number of benzene rings is 2. The molecule has 0 fully saturated rings. The predicted molar refractivity (Wildman–Crippen MR) is 85.1 cm³/mol. The average Bonchev–Trinajstić information content (AvgIpc) is 2.43. The maximum atomic E-state index is 6.04. The smallest absolute Gasteiger partial charge is 0.132 e. The van der Waals surface area contributed by atoms with Gasteiger partial charge in [-0.15, -0.1) is 0 Å². The van der Waals surface area contributed by atoms with Gasteiger partial charge in [0, 0.05) is 22.2 Å². The first-order valence-corrected chi connectivity index (χ1v) is 7.29. The van der Waals surface area contributed by atoms with Gasteiger partial charge in [-0.25, -0.2) is 0 Å². The molecule has 0 aromatic heterocycles. The molecule has 0 aliphatic heterocycles. The van der Waals surface area contributed by atoms with Crippen molar-refractivity contribution < 1.29 is 4.74 Å². The highest BCUT2D eigenvalue weighted by Gasteiger charge is 2.07. The van der Waals surface area contributed by atoms with Crippen LogP contribution in [0.4, 0.5) is 0 Å². The molecular formula is C16H17Cl2NO. The summed E-state index contributed by atoms with van der Waals surface area (Å²) < 4.78 is 5.94. The van der Waals surface area contributed by atoms with E-state index in [2.05, 4.69) is 12.2 Å². The van der Waals surface area contributed by atoms with Gasteiger partial charge in [0.15, 0.2) is 0 Å². The van der Waals surface area contributed by atoms with E-state index in [9.17, 15) is 0 Å². The molecule has 2 aromatic rings. The minimum Gasteiger partial charge on any atom is -0.457 e. The lowest BCUT2D eigenvalue weighted by Crippen LogP contribution is -2.12. The molecule has 0 atom stereocenters. The van der Waals surface area contributed by atoms with E-state index in [-0.39, 0.29) is 0 Å². The Morgan fingerprint density at radius 1 is 1.10 bits per heavy atom. The third-order valence-corrected chi connectivity index (χ3v) is 3.60. The van der Waals surface area contributed by atoms with Gasteiger partial charge in [0.05, 0.1) is 0 Å². The van der Waals surface area contributed by atoms with Crippen molar-refractivity contribution in [2.24, 2.45) is 0 Å². The Hall–Kier alpha value is -1.22. The van der Waals surface area contributed by atoms with Crippen molar-refractivity contribution in [3.63, 3.8) is 0 Å². The van der Waals surface area contributed by atoms with E-state index in [0.717, 1.165) is 40.7 Å². The molecule has 0 radical (unpaired) electrons. The molecule has 106 valence electrons. The van der Waals surface area contributed by atoms with E-state index < -0.39 is 0 Å². The van der Waals surface area contributed by atoms with Gasteiger partial charge in [-0.05, 0) is 55.4 Å². The number of hydrogen-bond donors (Lipinski definition) is 1. The summed E-state index contributed by atoms with van der Waals surface area (Å²) >= 11 is 12.1. The van der Waals surface area contributed by atoms with Crippen molar-refractivity contribution in [3.05, 3.63) is 57.6 Å². The number of halogens is 2. The van der Waals surface area contributed by atoms with Crippen LogP contribution in [0.25, 0.3) is 0 Å². The molecule has 0 heterocycles. The fourth-order valence-corrected chi connectivity index (χ4v) is 2.17. The summed E-state index contributed by atoms with van der Waals surface area (Å²) in [4.78, 5) is 0. The Morgan fingerprint density at radius 3 is 2.60 bits per heavy atom. The van der Waals surface area contributed by atoms with Crippen LogP contribution < -0.4 is 10.1 Å². The fourth-order valence-electron chi connectivity index (χ4n) is 1.85. The highest BCUT2D eigenvalue weighted by atomic mass is 35.5. The Bertz CT molecular complexity index is 599. The molecule has 0 aliphatic rings. The molecule has 1 N–H and O–H groups in total. The van der Waals surface area contributed by atoms with Crippen molar-refractivity contribution in [2.45, 2.75) is 20.4 Å². The van der Waals surface area contributed by atoms with Gasteiger partial charge in [0.25, 0.3) is 0 Å². The highest BCUT2D eigenvalue weighted by Crippen LogP contribution is 2.30. The second-order valence-corrected chi connectivity index (χ2v) is 5.39. The van der Waals surface area contributed by atoms with Crippen molar-refractivity contribution >= 4 is 23.2 Å². The van der Waals surface area contributed by atoms with E-state index in [1.165, 1.54) is 0 Å². The summed E-state index contributed by atoms with van der Waals surface area (Å²) in [5.74, 6) is 1.57. The number of hydrogen-bond acceptors (Lipinski definition) is 2. The number of rotatable bonds is 5. The SMILES string of the molecule is CCNCc1cc(Cl)ccc1Oc1ccc(Cl)c(C)c1. The van der Waals surface area contributed by atoms with Gasteiger partial charge in [0.1, 0.15) is 11.5 Å². The standard InChI is InChI=1S/C16H17Cl2NO/c1-3-19-10-12-9-13(17)4-7-16(12)20-14-5-6-15(18)11(2)8-14/h4-9,19H,3,10H2,1-2H3. The first-order valence-electron chi connectivity index (χ1n) is 6.53. The summed E-state index contributed by atoms with van der Waals surface area (Å²) in [6.45, 7) is 5.63. The molecule has 4 heteroatoms. The molecule has 0 saturated carbocycles. The largest absolute Gasteiger partial charge is 0.457 e. The van der Waals surface area contributed by atoms with Crippen molar-refractivity contribution in [1.29, 1.82) is 0 Å². The summed E-state index contributed by atoms with van der Waals surface area (Å²) in [7, 11) is 0. The quantitative estimate of drug-likeness (QED) is 0.819. The molecule has 0 aliphatic carbocycles. The Morgan fingerprint density at radius 2 is 1.90 bits per heavy atom. The molecule has 0 bridgehead atoms. The van der Waals surface area contributed by atoms with Gasteiger partial charge in [0.2, 0.25) is 0 Å². The van der Waals surface area contributed by atoms with Crippen LogP contribution in [0.15, 0.2) is 36.4 Å². The molecule has 2 aromatic carbocycles. The van der Waals surface area contributed by atoms with E-state index in [4.69, 9.17) is 27.9 Å². The van der Waals surface area contributed by atoms with Gasteiger partial charge < -0.3 is 10.1 Å². The molecule has 0 unspecified atom stereocenters. The monoisotopic (exact) mass is 309 g/mol. The molecule has 20 heavy (non-hydrogen) atoms. The second-order valence-electron chi connectivity index (χ2n) is 4.55. The topological polar surface area (TPSA) is 21.3 Å². The summed E-state index contributed by atoms with van der Waals surface area (Å²) in [5.41, 5.74) is 2.03. The minimum absolute atomic E-state index is 0.706. The maximum absolute atomic E-state index is 6.04. The van der Waals surface area contributed by atoms with E-state index in [1.807, 2.05) is 43.3 Å². The van der Waals surface area contributed by atoms with Gasteiger partial charge in [-0.1, -0.05) is 30.1 Å². The zero-order valence-electron chi connectivity index (χ0n) is 11.5. The summed E-state index contributed by atoms with van der Waals surface area (Å²) in [6.07, 6.45) is 0. The van der Waals surface area contributed by atoms with Crippen LogP contribution >= 0.6 is 23.2 Å². The Balaban J connectivity index is 2.25. The van der Waals surface area contributed by atoms with Gasteiger partial charge in [-0.2, -0.15) is 0 Å². The Labute approximate surface area is 129 Å². The number of nitrogens with one attached hydrogen (secondary N) is 1. The number of aryl methyl sites for hydroxylation is 1. The number of ether oxygens (including phenoxy) is 1. The third kappa shape index (κ3) is 3.89. The molecule has 0 saturated heterocycles. The lowest BCUT2D eigenvalue weighted by Gasteiger charge is -2.13. The van der Waals surface area contributed by atoms with Crippen molar-refractivity contribution in [3.8, 4) is 11.5 Å². The molecular weight excluding hydrogens is 293 g/mol. The second kappa shape index (κ2) is 6.98. The first-order chi connectivity index (χ1) is 9.60. The normalized spacial score (nSPS) is 10.6. The average molecular weight is 310 g/mol. The van der Waals surface area contributed by atoms with Crippen LogP contribution in [0.2, 0.25) is 10.0 Å². The van der Waals surface area contributed by atoms with Crippen LogP contribution in [0, 0.1) is 6.92 Å². The van der Waals surface area contributed by atoms with Crippen LogP contribution in [0.3, 0.4) is 0 Å². The van der Waals surface area contributed by atoms with E-state index in [1.54, 1.807) is 0 Å². The van der Waals surface area contributed by atoms with Crippen molar-refractivity contribution in [2.75, 3.05) is 6.54 Å². The Kier molecular flexibility index (Phi) is 5.30. The predicted octanol–water partition coefficient (Wildman–Crippen LogP) is 5.20. The van der Waals surface area contributed by atoms with Crippen LogP contribution in [0.5, 0.6) is 11.5 Å². The molecule has 2 rings (SSSR count). The van der Waals surface area contributed by atoms with E-state index >= 15 is 0 Å². The maximum Gasteiger partial charge on any atom is 0.132 e.